The molecule has 2 fully saturated rings. The number of anilines is 3. The zero-order chi connectivity index (χ0) is 21.2. The number of hydrogen-bond acceptors (Lipinski definition) is 6. The summed E-state index contributed by atoms with van der Waals surface area (Å²) in [7, 11) is 0. The number of rotatable bonds is 5. The van der Waals surface area contributed by atoms with Gasteiger partial charge >= 0.3 is 0 Å². The molecule has 0 unspecified atom stereocenters. The van der Waals surface area contributed by atoms with Gasteiger partial charge in [-0.15, -0.1) is 0 Å². The quantitative estimate of drug-likeness (QED) is 0.481. The summed E-state index contributed by atoms with van der Waals surface area (Å²) in [6, 6.07) is 7.19. The highest BCUT2D eigenvalue weighted by Gasteiger charge is 2.25. The van der Waals surface area contributed by atoms with Crippen LogP contribution in [-0.2, 0) is 0 Å². The lowest BCUT2D eigenvalue weighted by Gasteiger charge is -2.26. The number of halogens is 1. The van der Waals surface area contributed by atoms with Gasteiger partial charge in [-0.2, -0.15) is 4.98 Å². The molecule has 0 bridgehead atoms. The average Bonchev–Trinajstić information content (AvgIpc) is 3.15. The molecule has 2 aliphatic rings. The number of aliphatic hydroxyl groups excluding tert-OH is 1. The third-order valence-corrected chi connectivity index (χ3v) is 6.52. The molecule has 0 radical (unpaired) electrons. The summed E-state index contributed by atoms with van der Waals surface area (Å²) in [5.74, 6) is 0.889. The van der Waals surface area contributed by atoms with E-state index >= 15 is 0 Å². The molecule has 32 heavy (non-hydrogen) atoms. The van der Waals surface area contributed by atoms with Crippen molar-refractivity contribution in [3.05, 3.63) is 36.3 Å². The fourth-order valence-corrected chi connectivity index (χ4v) is 4.82. The number of aromatic nitrogens is 4. The van der Waals surface area contributed by atoms with E-state index in [4.69, 9.17) is 9.97 Å². The Balaban J connectivity index is 0.00000245. The molecule has 7 nitrogen and oxygen atoms in total. The maximum Gasteiger partial charge on any atom is 0.224 e. The van der Waals surface area contributed by atoms with Crippen molar-refractivity contribution in [1.82, 2.24) is 19.5 Å². The van der Waals surface area contributed by atoms with Crippen LogP contribution in [0, 0.1) is 5.82 Å². The van der Waals surface area contributed by atoms with Gasteiger partial charge < -0.3 is 15.7 Å². The molecule has 0 saturated heterocycles. The fourth-order valence-electron chi connectivity index (χ4n) is 4.82. The number of nitrogens with one attached hydrogen (secondary N) is 2. The largest absolute Gasteiger partial charge is 0.393 e. The second-order valence-electron chi connectivity index (χ2n) is 8.75. The number of hydrogen-bond donors (Lipinski definition) is 3. The monoisotopic (exact) mass is 440 g/mol. The number of para-hydroxylation sites is 1. The third-order valence-electron chi connectivity index (χ3n) is 6.52. The van der Waals surface area contributed by atoms with Gasteiger partial charge in [0.2, 0.25) is 11.9 Å². The average molecular weight is 441 g/mol. The predicted molar refractivity (Wildman–Crippen MR) is 126 cm³/mol. The molecule has 2 aromatic heterocycles. The van der Waals surface area contributed by atoms with E-state index in [1.54, 1.807) is 18.3 Å². The molecule has 1 aromatic carbocycles. The van der Waals surface area contributed by atoms with Crippen molar-refractivity contribution in [2.24, 2.45) is 0 Å². The molecule has 2 saturated carbocycles. The summed E-state index contributed by atoms with van der Waals surface area (Å²) in [5, 5.41) is 16.4. The summed E-state index contributed by atoms with van der Waals surface area (Å²) in [4.78, 5) is 14.0. The number of fused-ring (bicyclic) bond motifs is 1. The van der Waals surface area contributed by atoms with Gasteiger partial charge in [-0.25, -0.2) is 14.4 Å². The van der Waals surface area contributed by atoms with Crippen LogP contribution < -0.4 is 10.6 Å². The van der Waals surface area contributed by atoms with E-state index in [-0.39, 0.29) is 31.4 Å². The second-order valence-corrected chi connectivity index (χ2v) is 8.75. The smallest absolute Gasteiger partial charge is 0.224 e. The van der Waals surface area contributed by atoms with Crippen LogP contribution in [0.25, 0.3) is 11.2 Å². The second kappa shape index (κ2) is 9.81. The fraction of sp³-hybridized carbons (Fsp3) is 0.542. The molecule has 0 amide bonds. The van der Waals surface area contributed by atoms with Crippen LogP contribution in [0.3, 0.4) is 0 Å². The summed E-state index contributed by atoms with van der Waals surface area (Å²) in [6.45, 7) is 0. The Morgan fingerprint density at radius 1 is 0.969 bits per heavy atom. The first-order valence-electron chi connectivity index (χ1n) is 11.4. The number of aliphatic hydroxyl groups is 1. The molecular weight excluding hydrogens is 407 g/mol. The van der Waals surface area contributed by atoms with Crippen molar-refractivity contribution in [1.29, 1.82) is 0 Å². The zero-order valence-corrected chi connectivity index (χ0v) is 17.6. The highest BCUT2D eigenvalue weighted by atomic mass is 19.1. The van der Waals surface area contributed by atoms with Crippen molar-refractivity contribution >= 4 is 28.7 Å². The Labute approximate surface area is 188 Å². The molecule has 172 valence electrons. The van der Waals surface area contributed by atoms with Crippen molar-refractivity contribution in [2.75, 3.05) is 10.6 Å². The standard InChI is InChI=1S/C23H29FN6O.CH4/c24-18-8-4-5-9-19(18)27-23-28-20-14-25-22(26-15-10-12-17(31)13-11-15)29-21(20)30(23)16-6-2-1-3-7-16;/h4-5,8-9,14-17,31H,1-3,6-7,10-13H2,(H,27,28)(H,25,26,29);1H4. The van der Waals surface area contributed by atoms with Crippen molar-refractivity contribution in [2.45, 2.75) is 83.4 Å². The van der Waals surface area contributed by atoms with Crippen molar-refractivity contribution in [3.8, 4) is 0 Å². The molecule has 5 rings (SSSR count). The van der Waals surface area contributed by atoms with Crippen LogP contribution in [0.2, 0.25) is 0 Å². The highest BCUT2D eigenvalue weighted by Crippen LogP contribution is 2.35. The first-order valence-corrected chi connectivity index (χ1v) is 11.4. The summed E-state index contributed by atoms with van der Waals surface area (Å²) in [6.07, 6.45) is 10.7. The minimum absolute atomic E-state index is 0. The lowest BCUT2D eigenvalue weighted by molar-refractivity contribution is 0.126. The first-order chi connectivity index (χ1) is 15.2. The van der Waals surface area contributed by atoms with Gasteiger partial charge in [0.1, 0.15) is 11.3 Å². The first kappa shape index (κ1) is 22.5. The van der Waals surface area contributed by atoms with Gasteiger partial charge in [0.05, 0.1) is 18.0 Å². The summed E-state index contributed by atoms with van der Waals surface area (Å²) < 4.78 is 16.4. The number of imidazole rings is 1. The topological polar surface area (TPSA) is 87.9 Å². The van der Waals surface area contributed by atoms with Crippen molar-refractivity contribution in [3.63, 3.8) is 0 Å². The van der Waals surface area contributed by atoms with Gasteiger partial charge in [0.25, 0.3) is 0 Å². The highest BCUT2D eigenvalue weighted by molar-refractivity contribution is 5.76. The molecular formula is C24H33FN6O. The summed E-state index contributed by atoms with van der Waals surface area (Å²) in [5.41, 5.74) is 1.88. The third kappa shape index (κ3) is 4.70. The Morgan fingerprint density at radius 2 is 1.72 bits per heavy atom. The predicted octanol–water partition coefficient (Wildman–Crippen LogP) is 5.57. The Hall–Kier alpha value is -2.74. The van der Waals surface area contributed by atoms with Gasteiger partial charge in [0, 0.05) is 12.1 Å². The van der Waals surface area contributed by atoms with E-state index in [1.807, 2.05) is 6.07 Å². The Kier molecular flexibility index (Phi) is 6.89. The van der Waals surface area contributed by atoms with Crippen LogP contribution in [0.15, 0.2) is 30.5 Å². The van der Waals surface area contributed by atoms with Crippen LogP contribution in [0.4, 0.5) is 22.0 Å². The van der Waals surface area contributed by atoms with Crippen LogP contribution in [-0.4, -0.2) is 36.8 Å². The van der Waals surface area contributed by atoms with Crippen LogP contribution in [0.1, 0.15) is 71.3 Å². The normalized spacial score (nSPS) is 21.8. The van der Waals surface area contributed by atoms with E-state index in [1.165, 1.54) is 25.3 Å². The van der Waals surface area contributed by atoms with Gasteiger partial charge in [-0.05, 0) is 50.7 Å². The van der Waals surface area contributed by atoms with Crippen LogP contribution >= 0.6 is 0 Å². The van der Waals surface area contributed by atoms with Gasteiger partial charge in [0.15, 0.2) is 5.65 Å². The van der Waals surface area contributed by atoms with E-state index in [0.717, 1.165) is 44.2 Å². The molecule has 3 N–H and O–H groups in total. The molecule has 0 atom stereocenters. The minimum atomic E-state index is -0.308. The van der Waals surface area contributed by atoms with E-state index in [9.17, 15) is 9.50 Å². The van der Waals surface area contributed by atoms with Crippen molar-refractivity contribution < 1.29 is 9.50 Å². The minimum Gasteiger partial charge on any atom is -0.393 e. The summed E-state index contributed by atoms with van der Waals surface area (Å²) >= 11 is 0. The zero-order valence-electron chi connectivity index (χ0n) is 17.6. The van der Waals surface area contributed by atoms with Gasteiger partial charge in [-0.1, -0.05) is 38.8 Å². The maximum absolute atomic E-state index is 14.3. The molecule has 8 heteroatoms. The Bertz CT molecular complexity index is 1040. The molecule has 3 aromatic rings. The molecule has 0 aliphatic heterocycles. The van der Waals surface area contributed by atoms with E-state index in [2.05, 4.69) is 20.2 Å². The Morgan fingerprint density at radius 3 is 2.47 bits per heavy atom. The lowest BCUT2D eigenvalue weighted by atomic mass is 9.93. The lowest BCUT2D eigenvalue weighted by Crippen LogP contribution is -2.29. The molecule has 2 heterocycles. The van der Waals surface area contributed by atoms with Crippen LogP contribution in [0.5, 0.6) is 0 Å². The molecule has 2 aliphatic carbocycles. The van der Waals surface area contributed by atoms with E-state index < -0.39 is 0 Å². The number of benzene rings is 1. The van der Waals surface area contributed by atoms with Gasteiger partial charge in [-0.3, -0.25) is 4.57 Å². The van der Waals surface area contributed by atoms with E-state index in [0.29, 0.717) is 23.1 Å². The maximum atomic E-state index is 14.3. The SMILES string of the molecule is C.OC1CCC(Nc2ncc3nc(Nc4ccccc4F)n(C4CCCCC4)c3n2)CC1. The number of nitrogens with zero attached hydrogens (tertiary/aromatic N) is 4. The molecule has 0 spiro atoms.